The summed E-state index contributed by atoms with van der Waals surface area (Å²) in [5.41, 5.74) is 9.33. The molecular weight excluding hydrogens is 242 g/mol. The van der Waals surface area contributed by atoms with E-state index in [2.05, 4.69) is 27.9 Å². The van der Waals surface area contributed by atoms with Crippen molar-refractivity contribution in [3.05, 3.63) is 35.2 Å². The summed E-state index contributed by atoms with van der Waals surface area (Å²) in [4.78, 5) is 14.2. The molecule has 0 aromatic rings. The standard InChI is InChI=1S/C13H19N5O/c1-4-16-6-9(2)11(14)12-13(16)18-8-17(19-3)7-10(18)5-15-12/h5-7,11H,4,8,14H2,1-3H3. The highest BCUT2D eigenvalue weighted by Crippen LogP contribution is 2.34. The van der Waals surface area contributed by atoms with Crippen molar-refractivity contribution in [2.75, 3.05) is 20.3 Å². The Morgan fingerprint density at radius 3 is 2.95 bits per heavy atom. The lowest BCUT2D eigenvalue weighted by Gasteiger charge is -2.39. The number of rotatable bonds is 2. The second-order valence-electron chi connectivity index (χ2n) is 4.83. The number of fused-ring (bicyclic) bond motifs is 2. The van der Waals surface area contributed by atoms with Gasteiger partial charge in [0, 0.05) is 12.7 Å². The van der Waals surface area contributed by atoms with Gasteiger partial charge in [0.1, 0.15) is 18.2 Å². The van der Waals surface area contributed by atoms with Crippen molar-refractivity contribution in [1.82, 2.24) is 14.9 Å². The fourth-order valence-electron chi connectivity index (χ4n) is 2.58. The summed E-state index contributed by atoms with van der Waals surface area (Å²) in [7, 11) is 1.66. The predicted molar refractivity (Wildman–Crippen MR) is 73.3 cm³/mol. The summed E-state index contributed by atoms with van der Waals surface area (Å²) < 4.78 is 0. The molecule has 3 aliphatic rings. The van der Waals surface area contributed by atoms with Gasteiger partial charge in [-0.3, -0.25) is 9.83 Å². The average molecular weight is 261 g/mol. The van der Waals surface area contributed by atoms with E-state index in [0.717, 1.165) is 29.3 Å². The smallest absolute Gasteiger partial charge is 0.138 e. The van der Waals surface area contributed by atoms with Crippen molar-refractivity contribution < 1.29 is 4.84 Å². The van der Waals surface area contributed by atoms with Crippen LogP contribution in [0.25, 0.3) is 0 Å². The number of aliphatic imine (C=N–C) groups is 1. The Morgan fingerprint density at radius 1 is 1.47 bits per heavy atom. The van der Waals surface area contributed by atoms with Crippen molar-refractivity contribution >= 4 is 6.21 Å². The normalized spacial score (nSPS) is 25.5. The fraction of sp³-hybridized carbons (Fsp3) is 0.462. The molecule has 0 radical (unpaired) electrons. The molecule has 1 unspecified atom stereocenters. The van der Waals surface area contributed by atoms with E-state index < -0.39 is 0 Å². The molecule has 3 rings (SSSR count). The summed E-state index contributed by atoms with van der Waals surface area (Å²) in [6.07, 6.45) is 5.90. The summed E-state index contributed by atoms with van der Waals surface area (Å²) >= 11 is 0. The molecule has 3 aliphatic heterocycles. The molecule has 102 valence electrons. The van der Waals surface area contributed by atoms with Gasteiger partial charge < -0.3 is 15.5 Å². The van der Waals surface area contributed by atoms with Gasteiger partial charge in [-0.05, 0) is 19.4 Å². The molecule has 0 saturated heterocycles. The third-order valence-electron chi connectivity index (χ3n) is 3.68. The molecule has 0 saturated carbocycles. The molecule has 0 fully saturated rings. The molecule has 3 heterocycles. The van der Waals surface area contributed by atoms with Crippen LogP contribution in [0.5, 0.6) is 0 Å². The molecule has 19 heavy (non-hydrogen) atoms. The lowest BCUT2D eigenvalue weighted by atomic mass is 10.0. The Balaban J connectivity index is 2.02. The molecule has 0 aromatic carbocycles. The first-order chi connectivity index (χ1) is 9.15. The third kappa shape index (κ3) is 1.75. The first-order valence-corrected chi connectivity index (χ1v) is 6.44. The summed E-state index contributed by atoms with van der Waals surface area (Å²) in [5.74, 6) is 1.06. The highest BCUT2D eigenvalue weighted by molar-refractivity contribution is 5.81. The molecule has 0 aromatic heterocycles. The topological polar surface area (TPSA) is 57.3 Å². The van der Waals surface area contributed by atoms with Crippen LogP contribution in [0.15, 0.2) is 40.2 Å². The Labute approximate surface area is 113 Å². The molecular formula is C13H19N5O. The maximum atomic E-state index is 6.24. The van der Waals surface area contributed by atoms with Crippen LogP contribution in [0.3, 0.4) is 0 Å². The van der Waals surface area contributed by atoms with Crippen molar-refractivity contribution in [2.45, 2.75) is 19.9 Å². The van der Waals surface area contributed by atoms with E-state index in [1.54, 1.807) is 12.2 Å². The lowest BCUT2D eigenvalue weighted by molar-refractivity contribution is -0.0967. The van der Waals surface area contributed by atoms with Gasteiger partial charge >= 0.3 is 0 Å². The van der Waals surface area contributed by atoms with E-state index in [1.807, 2.05) is 19.3 Å². The number of hydroxylamine groups is 2. The van der Waals surface area contributed by atoms with Crippen LogP contribution in [-0.4, -0.2) is 47.4 Å². The lowest BCUT2D eigenvalue weighted by Crippen LogP contribution is -2.43. The van der Waals surface area contributed by atoms with E-state index in [4.69, 9.17) is 10.6 Å². The molecule has 6 heteroatoms. The maximum Gasteiger partial charge on any atom is 0.138 e. The average Bonchev–Trinajstić information content (AvgIpc) is 2.85. The van der Waals surface area contributed by atoms with Crippen LogP contribution < -0.4 is 5.73 Å². The molecule has 0 aliphatic carbocycles. The summed E-state index contributed by atoms with van der Waals surface area (Å²) in [6.45, 7) is 5.71. The number of nitrogens with two attached hydrogens (primary N) is 1. The summed E-state index contributed by atoms with van der Waals surface area (Å²) in [5, 5.41) is 1.78. The highest BCUT2D eigenvalue weighted by Gasteiger charge is 2.35. The minimum absolute atomic E-state index is 0.132. The van der Waals surface area contributed by atoms with Crippen molar-refractivity contribution in [3.8, 4) is 0 Å². The van der Waals surface area contributed by atoms with Crippen molar-refractivity contribution in [2.24, 2.45) is 10.7 Å². The van der Waals surface area contributed by atoms with Gasteiger partial charge in [-0.1, -0.05) is 0 Å². The minimum Gasteiger partial charge on any atom is -0.333 e. The minimum atomic E-state index is -0.132. The maximum absolute atomic E-state index is 6.24. The number of hydrogen-bond donors (Lipinski definition) is 1. The van der Waals surface area contributed by atoms with Gasteiger partial charge in [-0.2, -0.15) is 0 Å². The van der Waals surface area contributed by atoms with Crippen molar-refractivity contribution in [3.63, 3.8) is 0 Å². The second-order valence-corrected chi connectivity index (χ2v) is 4.83. The van der Waals surface area contributed by atoms with Crippen LogP contribution in [0.4, 0.5) is 0 Å². The summed E-state index contributed by atoms with van der Waals surface area (Å²) in [6, 6.07) is -0.132. The zero-order valence-electron chi connectivity index (χ0n) is 11.5. The third-order valence-corrected chi connectivity index (χ3v) is 3.68. The Morgan fingerprint density at radius 2 is 2.26 bits per heavy atom. The van der Waals surface area contributed by atoms with Gasteiger partial charge in [0.15, 0.2) is 0 Å². The molecule has 0 bridgehead atoms. The van der Waals surface area contributed by atoms with E-state index in [9.17, 15) is 0 Å². The molecule has 6 nitrogen and oxygen atoms in total. The number of allylic oxidation sites excluding steroid dienone is 1. The number of nitrogens with zero attached hydrogens (tertiary/aromatic N) is 4. The first kappa shape index (κ1) is 12.3. The van der Waals surface area contributed by atoms with E-state index in [0.29, 0.717) is 6.67 Å². The second kappa shape index (κ2) is 4.40. The van der Waals surface area contributed by atoms with Gasteiger partial charge in [-0.25, -0.2) is 5.06 Å². The molecule has 0 spiro atoms. The molecule has 1 atom stereocenters. The van der Waals surface area contributed by atoms with Gasteiger partial charge in [0.2, 0.25) is 0 Å². The first-order valence-electron chi connectivity index (χ1n) is 6.44. The van der Waals surface area contributed by atoms with Crippen LogP contribution in [0.1, 0.15) is 13.8 Å². The van der Waals surface area contributed by atoms with Gasteiger partial charge in [0.05, 0.1) is 31.3 Å². The van der Waals surface area contributed by atoms with Crippen LogP contribution in [0.2, 0.25) is 0 Å². The zero-order chi connectivity index (χ0) is 13.6. The predicted octanol–water partition coefficient (Wildman–Crippen LogP) is 0.784. The monoisotopic (exact) mass is 261 g/mol. The van der Waals surface area contributed by atoms with Crippen LogP contribution in [0, 0.1) is 0 Å². The van der Waals surface area contributed by atoms with Gasteiger partial charge in [0.25, 0.3) is 0 Å². The van der Waals surface area contributed by atoms with E-state index in [-0.39, 0.29) is 6.04 Å². The molecule has 2 N–H and O–H groups in total. The van der Waals surface area contributed by atoms with Crippen molar-refractivity contribution in [1.29, 1.82) is 0 Å². The number of hydrogen-bond acceptors (Lipinski definition) is 6. The Kier molecular flexibility index (Phi) is 2.83. The quantitative estimate of drug-likeness (QED) is 0.796. The Hall–Kier alpha value is -1.79. The Bertz CT molecular complexity index is 519. The highest BCUT2D eigenvalue weighted by atomic mass is 16.7. The zero-order valence-corrected chi connectivity index (χ0v) is 11.5. The molecule has 0 amide bonds. The van der Waals surface area contributed by atoms with Crippen LogP contribution >= 0.6 is 0 Å². The van der Waals surface area contributed by atoms with Gasteiger partial charge in [-0.15, -0.1) is 0 Å². The fourth-order valence-corrected chi connectivity index (χ4v) is 2.58. The van der Waals surface area contributed by atoms with E-state index in [1.165, 1.54) is 0 Å². The largest absolute Gasteiger partial charge is 0.333 e. The van der Waals surface area contributed by atoms with Crippen LogP contribution in [-0.2, 0) is 4.84 Å². The SMILES string of the molecule is CCN1C=C(C)C(N)C2=C1N1CN(OC)C=C1C=N2. The van der Waals surface area contributed by atoms with E-state index >= 15 is 0 Å².